The van der Waals surface area contributed by atoms with E-state index in [2.05, 4.69) is 4.90 Å². The molecule has 3 rings (SSSR count). The smallest absolute Gasteiger partial charge is 0.203 e. The van der Waals surface area contributed by atoms with Gasteiger partial charge in [-0.3, -0.25) is 9.69 Å². The van der Waals surface area contributed by atoms with Gasteiger partial charge in [-0.15, -0.1) is 0 Å². The highest BCUT2D eigenvalue weighted by Gasteiger charge is 2.26. The Balaban J connectivity index is 2.07. The van der Waals surface area contributed by atoms with Crippen LogP contribution in [0.3, 0.4) is 0 Å². The Morgan fingerprint density at radius 1 is 0.618 bits per heavy atom. The molecule has 2 aromatic rings. The molecular formula is C26H31NO7. The van der Waals surface area contributed by atoms with Crippen LogP contribution in [0.15, 0.2) is 35.4 Å². The normalized spacial score (nSPS) is 16.5. The molecule has 8 heteroatoms. The molecule has 1 saturated heterocycles. The molecule has 2 aromatic carbocycles. The summed E-state index contributed by atoms with van der Waals surface area (Å²) in [5.74, 6) is 3.00. The number of hydrogen-bond acceptors (Lipinski definition) is 8. The van der Waals surface area contributed by atoms with Crippen LogP contribution in [0, 0.1) is 0 Å². The summed E-state index contributed by atoms with van der Waals surface area (Å²) in [6.45, 7) is 0.994. The van der Waals surface area contributed by atoms with Crippen LogP contribution in [0.2, 0.25) is 0 Å². The first-order valence-corrected chi connectivity index (χ1v) is 10.6. The van der Waals surface area contributed by atoms with Gasteiger partial charge in [-0.25, -0.2) is 0 Å². The second kappa shape index (κ2) is 11.0. The largest absolute Gasteiger partial charge is 0.493 e. The van der Waals surface area contributed by atoms with Crippen LogP contribution >= 0.6 is 0 Å². The average Bonchev–Trinajstić information content (AvgIpc) is 2.85. The van der Waals surface area contributed by atoms with Gasteiger partial charge in [-0.05, 0) is 43.5 Å². The van der Waals surface area contributed by atoms with Crippen molar-refractivity contribution < 1.29 is 33.2 Å². The van der Waals surface area contributed by atoms with Gasteiger partial charge in [0.25, 0.3) is 0 Å². The number of likely N-dealkylation sites (N-methyl/N-ethyl adjacent to an activating group) is 1. The monoisotopic (exact) mass is 469 g/mol. The SMILES string of the molecule is COc1ccc(C=C2CN(C)C/C(=C\c3ccc(OC)c(OC)c3OC)C2=O)c(OC)c1OC. The Bertz CT molecular complexity index is 1040. The third kappa shape index (κ3) is 4.82. The Hall–Kier alpha value is -3.65. The van der Waals surface area contributed by atoms with Gasteiger partial charge in [-0.1, -0.05) is 0 Å². The molecule has 0 atom stereocenters. The van der Waals surface area contributed by atoms with Crippen LogP contribution in [0.5, 0.6) is 34.5 Å². The van der Waals surface area contributed by atoms with E-state index in [-0.39, 0.29) is 5.78 Å². The fourth-order valence-electron chi connectivity index (χ4n) is 4.06. The van der Waals surface area contributed by atoms with Crippen molar-refractivity contribution in [3.8, 4) is 34.5 Å². The van der Waals surface area contributed by atoms with E-state index in [1.54, 1.807) is 54.8 Å². The summed E-state index contributed by atoms with van der Waals surface area (Å²) in [4.78, 5) is 15.5. The van der Waals surface area contributed by atoms with Crippen LogP contribution in [0.4, 0.5) is 0 Å². The molecule has 0 amide bonds. The summed E-state index contributed by atoms with van der Waals surface area (Å²) in [5, 5.41) is 0. The average molecular weight is 470 g/mol. The maximum Gasteiger partial charge on any atom is 0.203 e. The van der Waals surface area contributed by atoms with Crippen LogP contribution in [-0.2, 0) is 4.79 Å². The molecular weight excluding hydrogens is 438 g/mol. The van der Waals surface area contributed by atoms with E-state index in [1.807, 2.05) is 31.3 Å². The minimum atomic E-state index is -0.0493. The van der Waals surface area contributed by atoms with Crippen molar-refractivity contribution in [3.05, 3.63) is 46.5 Å². The zero-order valence-electron chi connectivity index (χ0n) is 20.7. The molecule has 0 saturated carbocycles. The van der Waals surface area contributed by atoms with Crippen molar-refractivity contribution in [1.82, 2.24) is 4.90 Å². The third-order valence-corrected chi connectivity index (χ3v) is 5.59. The Kier molecular flexibility index (Phi) is 8.07. The van der Waals surface area contributed by atoms with Crippen molar-refractivity contribution in [2.75, 3.05) is 62.8 Å². The highest BCUT2D eigenvalue weighted by atomic mass is 16.5. The van der Waals surface area contributed by atoms with E-state index in [9.17, 15) is 4.79 Å². The minimum absolute atomic E-state index is 0.0493. The number of carbonyl (C=O) groups is 1. The van der Waals surface area contributed by atoms with Gasteiger partial charge in [0, 0.05) is 35.4 Å². The summed E-state index contributed by atoms with van der Waals surface area (Å²) in [5.41, 5.74) is 2.71. The molecule has 0 bridgehead atoms. The van der Waals surface area contributed by atoms with E-state index in [1.165, 1.54) is 0 Å². The first kappa shape index (κ1) is 25.0. The van der Waals surface area contributed by atoms with Gasteiger partial charge in [0.2, 0.25) is 11.5 Å². The molecule has 0 spiro atoms. The molecule has 182 valence electrons. The number of rotatable bonds is 8. The van der Waals surface area contributed by atoms with Crippen LogP contribution < -0.4 is 28.4 Å². The Labute approximate surface area is 200 Å². The van der Waals surface area contributed by atoms with E-state index < -0.39 is 0 Å². The van der Waals surface area contributed by atoms with E-state index in [4.69, 9.17) is 28.4 Å². The summed E-state index contributed by atoms with van der Waals surface area (Å²) in [6, 6.07) is 7.26. The third-order valence-electron chi connectivity index (χ3n) is 5.59. The molecule has 34 heavy (non-hydrogen) atoms. The topological polar surface area (TPSA) is 75.7 Å². The minimum Gasteiger partial charge on any atom is -0.493 e. The summed E-state index contributed by atoms with van der Waals surface area (Å²) < 4.78 is 32.8. The molecule has 1 aliphatic rings. The van der Waals surface area contributed by atoms with Gasteiger partial charge in [-0.2, -0.15) is 0 Å². The van der Waals surface area contributed by atoms with Gasteiger partial charge < -0.3 is 28.4 Å². The predicted octanol–water partition coefficient (Wildman–Crippen LogP) is 3.72. The standard InChI is InChI=1S/C26H31NO7/c1-27-14-18(12-16-8-10-20(29-2)25(33-6)23(16)31-4)22(28)19(15-27)13-17-9-11-21(30-3)26(34-7)24(17)32-5/h8-13H,14-15H2,1-7H3/b18-12+,19-13?. The second-order valence-corrected chi connectivity index (χ2v) is 7.69. The fraction of sp³-hybridized carbons (Fsp3) is 0.346. The zero-order chi connectivity index (χ0) is 24.8. The quantitative estimate of drug-likeness (QED) is 0.542. The Morgan fingerprint density at radius 2 is 1.00 bits per heavy atom. The van der Waals surface area contributed by atoms with Crippen LogP contribution in [0.1, 0.15) is 11.1 Å². The van der Waals surface area contributed by atoms with E-state index in [0.29, 0.717) is 58.7 Å². The lowest BCUT2D eigenvalue weighted by Gasteiger charge is -2.26. The number of hydrogen-bond donors (Lipinski definition) is 0. The Morgan fingerprint density at radius 3 is 1.32 bits per heavy atom. The molecule has 0 radical (unpaired) electrons. The molecule has 0 N–H and O–H groups in total. The number of carbonyl (C=O) groups excluding carboxylic acids is 1. The maximum atomic E-state index is 13.5. The zero-order valence-corrected chi connectivity index (χ0v) is 20.7. The number of methoxy groups -OCH3 is 6. The summed E-state index contributed by atoms with van der Waals surface area (Å²) in [6.07, 6.45) is 3.66. The molecule has 1 aliphatic heterocycles. The van der Waals surface area contributed by atoms with Crippen molar-refractivity contribution >= 4 is 17.9 Å². The number of benzene rings is 2. The van der Waals surface area contributed by atoms with Gasteiger partial charge in [0.15, 0.2) is 28.8 Å². The van der Waals surface area contributed by atoms with Crippen molar-refractivity contribution in [2.24, 2.45) is 0 Å². The summed E-state index contributed by atoms with van der Waals surface area (Å²) >= 11 is 0. The molecule has 1 fully saturated rings. The molecule has 0 aromatic heterocycles. The molecule has 0 aliphatic carbocycles. The molecule has 0 unspecified atom stereocenters. The lowest BCUT2D eigenvalue weighted by atomic mass is 9.94. The maximum absolute atomic E-state index is 13.5. The van der Waals surface area contributed by atoms with E-state index >= 15 is 0 Å². The first-order valence-electron chi connectivity index (χ1n) is 10.6. The number of piperidine rings is 1. The lowest BCUT2D eigenvalue weighted by molar-refractivity contribution is -0.113. The summed E-state index contributed by atoms with van der Waals surface area (Å²) in [7, 11) is 11.3. The number of nitrogens with zero attached hydrogens (tertiary/aromatic N) is 1. The van der Waals surface area contributed by atoms with Gasteiger partial charge >= 0.3 is 0 Å². The fourth-order valence-corrected chi connectivity index (χ4v) is 4.06. The first-order chi connectivity index (χ1) is 16.4. The second-order valence-electron chi connectivity index (χ2n) is 7.69. The number of ketones is 1. The van der Waals surface area contributed by atoms with Gasteiger partial charge in [0.1, 0.15) is 0 Å². The highest BCUT2D eigenvalue weighted by molar-refractivity contribution is 6.15. The number of ether oxygens (including phenoxy) is 6. The molecule has 8 nitrogen and oxygen atoms in total. The number of Topliss-reactive ketones (excluding diaryl/α,β-unsaturated/α-hetero) is 1. The van der Waals surface area contributed by atoms with Crippen LogP contribution in [-0.4, -0.2) is 73.5 Å². The van der Waals surface area contributed by atoms with Crippen molar-refractivity contribution in [1.29, 1.82) is 0 Å². The van der Waals surface area contributed by atoms with Crippen molar-refractivity contribution in [3.63, 3.8) is 0 Å². The van der Waals surface area contributed by atoms with E-state index in [0.717, 1.165) is 11.1 Å². The lowest BCUT2D eigenvalue weighted by Crippen LogP contribution is -2.34. The van der Waals surface area contributed by atoms with Crippen molar-refractivity contribution in [2.45, 2.75) is 0 Å². The number of likely N-dealkylation sites (tertiary alicyclic amines) is 1. The molecule has 1 heterocycles. The van der Waals surface area contributed by atoms with Crippen LogP contribution in [0.25, 0.3) is 12.2 Å². The predicted molar refractivity (Wildman–Crippen MR) is 131 cm³/mol. The highest BCUT2D eigenvalue weighted by Crippen LogP contribution is 2.42. The van der Waals surface area contributed by atoms with Gasteiger partial charge in [0.05, 0.1) is 42.7 Å².